The molecule has 3 heteroatoms. The Hall–Kier alpha value is -0.540. The molecule has 1 aromatic carbocycles. The number of thioether (sulfide) groups is 1. The summed E-state index contributed by atoms with van der Waals surface area (Å²) in [6.45, 7) is 0. The van der Waals surface area contributed by atoms with E-state index in [0.29, 0.717) is 6.04 Å². The van der Waals surface area contributed by atoms with Gasteiger partial charge in [-0.25, -0.2) is 4.39 Å². The van der Waals surface area contributed by atoms with Crippen molar-refractivity contribution in [3.05, 3.63) is 35.6 Å². The molecule has 1 fully saturated rings. The van der Waals surface area contributed by atoms with E-state index >= 15 is 0 Å². The third-order valence-electron chi connectivity index (χ3n) is 3.67. The van der Waals surface area contributed by atoms with Gasteiger partial charge in [0.1, 0.15) is 5.82 Å². The summed E-state index contributed by atoms with van der Waals surface area (Å²) in [5.74, 6) is 0.999. The minimum absolute atomic E-state index is 0.0800. The molecule has 0 spiro atoms. The van der Waals surface area contributed by atoms with Crippen LogP contribution in [0.5, 0.6) is 0 Å². The van der Waals surface area contributed by atoms with Crippen molar-refractivity contribution < 1.29 is 4.39 Å². The first-order chi connectivity index (χ1) is 8.79. The summed E-state index contributed by atoms with van der Waals surface area (Å²) in [5.41, 5.74) is 0.823. The number of hydrogen-bond donors (Lipinski definition) is 1. The van der Waals surface area contributed by atoms with Crippen LogP contribution in [0.2, 0.25) is 0 Å². The van der Waals surface area contributed by atoms with Gasteiger partial charge in [-0.1, -0.05) is 31.0 Å². The van der Waals surface area contributed by atoms with Crippen LogP contribution in [-0.4, -0.2) is 24.1 Å². The molecule has 0 aromatic heterocycles. The van der Waals surface area contributed by atoms with Gasteiger partial charge in [0.25, 0.3) is 0 Å². The lowest BCUT2D eigenvalue weighted by Crippen LogP contribution is -2.31. The van der Waals surface area contributed by atoms with E-state index in [-0.39, 0.29) is 5.82 Å². The fraction of sp³-hybridized carbons (Fsp3) is 0.600. The predicted octanol–water partition coefficient (Wildman–Crippen LogP) is 3.63. The average molecular weight is 267 g/mol. The van der Waals surface area contributed by atoms with E-state index in [0.717, 1.165) is 23.0 Å². The first kappa shape index (κ1) is 13.9. The van der Waals surface area contributed by atoms with Crippen LogP contribution < -0.4 is 5.32 Å². The van der Waals surface area contributed by atoms with Gasteiger partial charge < -0.3 is 5.32 Å². The standard InChI is InChI=1S/C15H22FNS/c1-17-13(11-18-14-7-3-4-8-14)10-12-6-2-5-9-15(12)16/h2,5-6,9,13-14,17H,3-4,7-8,10-11H2,1H3. The number of nitrogens with one attached hydrogen (secondary N) is 1. The van der Waals surface area contributed by atoms with Gasteiger partial charge >= 0.3 is 0 Å². The van der Waals surface area contributed by atoms with E-state index in [2.05, 4.69) is 17.1 Å². The molecule has 1 N–H and O–H groups in total. The zero-order valence-electron chi connectivity index (χ0n) is 11.0. The summed E-state index contributed by atoms with van der Waals surface area (Å²) in [4.78, 5) is 0. The topological polar surface area (TPSA) is 12.0 Å². The van der Waals surface area contributed by atoms with Gasteiger partial charge in [-0.2, -0.15) is 11.8 Å². The van der Waals surface area contributed by atoms with E-state index in [4.69, 9.17) is 0 Å². The highest BCUT2D eigenvalue weighted by molar-refractivity contribution is 7.99. The second-order valence-corrected chi connectivity index (χ2v) is 6.35. The Morgan fingerprint density at radius 2 is 2.06 bits per heavy atom. The fourth-order valence-electron chi connectivity index (χ4n) is 2.48. The van der Waals surface area contributed by atoms with E-state index in [1.54, 1.807) is 12.1 Å². The van der Waals surface area contributed by atoms with Gasteiger partial charge in [0.05, 0.1) is 0 Å². The average Bonchev–Trinajstić information content (AvgIpc) is 2.90. The molecule has 0 aliphatic heterocycles. The van der Waals surface area contributed by atoms with Crippen LogP contribution in [0.25, 0.3) is 0 Å². The van der Waals surface area contributed by atoms with Crippen molar-refractivity contribution in [2.75, 3.05) is 12.8 Å². The predicted molar refractivity (Wildman–Crippen MR) is 77.7 cm³/mol. The Balaban J connectivity index is 1.83. The largest absolute Gasteiger partial charge is 0.316 e. The molecule has 1 aromatic rings. The third kappa shape index (κ3) is 3.99. The second kappa shape index (κ2) is 7.15. The van der Waals surface area contributed by atoms with Gasteiger partial charge in [0, 0.05) is 17.0 Å². The van der Waals surface area contributed by atoms with Crippen LogP contribution in [-0.2, 0) is 6.42 Å². The Bertz CT molecular complexity index is 363. The number of benzene rings is 1. The van der Waals surface area contributed by atoms with E-state index < -0.39 is 0 Å². The lowest BCUT2D eigenvalue weighted by molar-refractivity contribution is 0.568. The van der Waals surface area contributed by atoms with Gasteiger partial charge in [0.15, 0.2) is 0 Å². The summed E-state index contributed by atoms with van der Waals surface area (Å²) in [5, 5.41) is 4.15. The fourth-order valence-corrected chi connectivity index (χ4v) is 3.94. The van der Waals surface area contributed by atoms with Crippen molar-refractivity contribution in [2.24, 2.45) is 0 Å². The van der Waals surface area contributed by atoms with Crippen LogP contribution in [0.15, 0.2) is 24.3 Å². The highest BCUT2D eigenvalue weighted by atomic mass is 32.2. The van der Waals surface area contributed by atoms with Crippen molar-refractivity contribution in [1.29, 1.82) is 0 Å². The molecule has 1 atom stereocenters. The van der Waals surface area contributed by atoms with Crippen molar-refractivity contribution >= 4 is 11.8 Å². The second-order valence-electron chi connectivity index (χ2n) is 5.02. The summed E-state index contributed by atoms with van der Waals surface area (Å²) in [7, 11) is 1.97. The van der Waals surface area contributed by atoms with Gasteiger partial charge in [0.2, 0.25) is 0 Å². The number of halogens is 1. The number of rotatable bonds is 6. The summed E-state index contributed by atoms with van der Waals surface area (Å²) in [6, 6.07) is 7.47. The SMILES string of the molecule is CNC(CSC1CCCC1)Cc1ccccc1F. The van der Waals surface area contributed by atoms with E-state index in [1.165, 1.54) is 25.7 Å². The van der Waals surface area contributed by atoms with Crippen molar-refractivity contribution in [2.45, 2.75) is 43.4 Å². The van der Waals surface area contributed by atoms with Crippen LogP contribution in [0.4, 0.5) is 4.39 Å². The maximum atomic E-state index is 13.6. The van der Waals surface area contributed by atoms with E-state index in [9.17, 15) is 4.39 Å². The summed E-state index contributed by atoms with van der Waals surface area (Å²) < 4.78 is 13.6. The third-order valence-corrected chi connectivity index (χ3v) is 5.21. The lowest BCUT2D eigenvalue weighted by atomic mass is 10.1. The van der Waals surface area contributed by atoms with Gasteiger partial charge in [-0.05, 0) is 37.9 Å². The molecule has 1 unspecified atom stereocenters. The monoisotopic (exact) mass is 267 g/mol. The normalized spacial score (nSPS) is 18.1. The molecule has 0 radical (unpaired) electrons. The lowest BCUT2D eigenvalue weighted by Gasteiger charge is -2.18. The molecule has 0 heterocycles. The number of hydrogen-bond acceptors (Lipinski definition) is 2. The number of likely N-dealkylation sites (N-methyl/N-ethyl adjacent to an activating group) is 1. The van der Waals surface area contributed by atoms with Crippen LogP contribution in [0.1, 0.15) is 31.2 Å². The molecule has 1 aliphatic carbocycles. The molecule has 1 nitrogen and oxygen atoms in total. The first-order valence-corrected chi connectivity index (χ1v) is 7.86. The summed E-state index contributed by atoms with van der Waals surface area (Å²) >= 11 is 2.06. The molecule has 0 bridgehead atoms. The molecular formula is C15H22FNS. The Morgan fingerprint density at radius 3 is 2.72 bits per heavy atom. The Morgan fingerprint density at radius 1 is 1.33 bits per heavy atom. The van der Waals surface area contributed by atoms with Crippen molar-refractivity contribution in [3.63, 3.8) is 0 Å². The van der Waals surface area contributed by atoms with E-state index in [1.807, 2.05) is 19.2 Å². The summed E-state index contributed by atoms with van der Waals surface area (Å²) in [6.07, 6.45) is 6.27. The molecular weight excluding hydrogens is 245 g/mol. The molecule has 2 rings (SSSR count). The molecule has 100 valence electrons. The van der Waals surface area contributed by atoms with Gasteiger partial charge in [-0.3, -0.25) is 0 Å². The zero-order valence-corrected chi connectivity index (χ0v) is 11.8. The first-order valence-electron chi connectivity index (χ1n) is 6.82. The molecule has 18 heavy (non-hydrogen) atoms. The molecule has 0 saturated heterocycles. The smallest absolute Gasteiger partial charge is 0.126 e. The van der Waals surface area contributed by atoms with Crippen molar-refractivity contribution in [3.8, 4) is 0 Å². The maximum absolute atomic E-state index is 13.6. The minimum Gasteiger partial charge on any atom is -0.316 e. The van der Waals surface area contributed by atoms with Crippen LogP contribution in [0.3, 0.4) is 0 Å². The van der Waals surface area contributed by atoms with Crippen molar-refractivity contribution in [1.82, 2.24) is 5.32 Å². The van der Waals surface area contributed by atoms with Crippen LogP contribution >= 0.6 is 11.8 Å². The van der Waals surface area contributed by atoms with Gasteiger partial charge in [-0.15, -0.1) is 0 Å². The Labute approximate surface area is 114 Å². The minimum atomic E-state index is -0.0800. The molecule has 0 amide bonds. The highest BCUT2D eigenvalue weighted by Crippen LogP contribution is 2.30. The zero-order chi connectivity index (χ0) is 12.8. The highest BCUT2D eigenvalue weighted by Gasteiger charge is 2.18. The quantitative estimate of drug-likeness (QED) is 0.844. The molecule has 1 saturated carbocycles. The Kier molecular flexibility index (Phi) is 5.51. The maximum Gasteiger partial charge on any atom is 0.126 e. The van der Waals surface area contributed by atoms with Crippen LogP contribution in [0, 0.1) is 5.82 Å². The molecule has 1 aliphatic rings.